The fourth-order valence-corrected chi connectivity index (χ4v) is 2.34. The van der Waals surface area contributed by atoms with Gasteiger partial charge in [-0.25, -0.2) is 4.99 Å². The first kappa shape index (κ1) is 25.0. The van der Waals surface area contributed by atoms with Crippen LogP contribution in [0.4, 0.5) is 13.2 Å². The van der Waals surface area contributed by atoms with E-state index in [1.54, 1.807) is 12.1 Å². The van der Waals surface area contributed by atoms with Crippen LogP contribution >= 0.6 is 24.0 Å². The Morgan fingerprint density at radius 1 is 1.07 bits per heavy atom. The predicted molar refractivity (Wildman–Crippen MR) is 119 cm³/mol. The lowest BCUT2D eigenvalue weighted by Gasteiger charge is -2.12. The third kappa shape index (κ3) is 10.3. The second kappa shape index (κ2) is 12.5. The van der Waals surface area contributed by atoms with E-state index in [0.29, 0.717) is 19.0 Å². The molecule has 0 spiro atoms. The number of pyridine rings is 1. The van der Waals surface area contributed by atoms with Crippen LogP contribution in [0.15, 0.2) is 47.6 Å². The van der Waals surface area contributed by atoms with Crippen molar-refractivity contribution in [2.24, 2.45) is 4.99 Å². The maximum Gasteiger partial charge on any atom is 0.422 e. The van der Waals surface area contributed by atoms with Crippen molar-refractivity contribution >= 4 is 29.9 Å². The fourth-order valence-electron chi connectivity index (χ4n) is 2.34. The van der Waals surface area contributed by atoms with Gasteiger partial charge in [-0.05, 0) is 49.6 Å². The zero-order valence-electron chi connectivity index (χ0n) is 16.4. The third-order valence-corrected chi connectivity index (χ3v) is 3.77. The van der Waals surface area contributed by atoms with Crippen molar-refractivity contribution in [2.45, 2.75) is 33.0 Å². The average molecular weight is 522 g/mol. The lowest BCUT2D eigenvalue weighted by molar-refractivity contribution is -0.153. The quantitative estimate of drug-likeness (QED) is 0.310. The number of alkyl halides is 3. The first-order chi connectivity index (χ1) is 13.4. The van der Waals surface area contributed by atoms with Gasteiger partial charge in [0.15, 0.2) is 12.6 Å². The molecule has 9 heteroatoms. The van der Waals surface area contributed by atoms with Gasteiger partial charge in [0.25, 0.3) is 0 Å². The molecule has 29 heavy (non-hydrogen) atoms. The molecule has 1 heterocycles. The van der Waals surface area contributed by atoms with Crippen molar-refractivity contribution in [2.75, 3.05) is 19.7 Å². The highest BCUT2D eigenvalue weighted by Crippen LogP contribution is 2.19. The highest BCUT2D eigenvalue weighted by molar-refractivity contribution is 14.0. The van der Waals surface area contributed by atoms with Crippen LogP contribution < -0.4 is 15.4 Å². The van der Waals surface area contributed by atoms with E-state index in [4.69, 9.17) is 4.74 Å². The highest BCUT2D eigenvalue weighted by Gasteiger charge is 2.28. The highest BCUT2D eigenvalue weighted by atomic mass is 127. The van der Waals surface area contributed by atoms with Crippen LogP contribution in [-0.4, -0.2) is 36.8 Å². The summed E-state index contributed by atoms with van der Waals surface area (Å²) in [6, 6.07) is 10.5. The van der Waals surface area contributed by atoms with E-state index < -0.39 is 12.8 Å². The molecule has 0 aliphatic rings. The Hall–Kier alpha value is -2.04. The Morgan fingerprint density at radius 2 is 1.76 bits per heavy atom. The fraction of sp³-hybridized carbons (Fsp3) is 0.400. The summed E-state index contributed by atoms with van der Waals surface area (Å²) in [6.07, 6.45) is -1.66. The Bertz CT molecular complexity index is 750. The number of guanidine groups is 1. The molecule has 2 rings (SSSR count). The normalized spacial score (nSPS) is 11.6. The summed E-state index contributed by atoms with van der Waals surface area (Å²) < 4.78 is 41.2. The molecule has 2 aromatic rings. The molecule has 0 bridgehead atoms. The van der Waals surface area contributed by atoms with Crippen LogP contribution in [0.3, 0.4) is 0 Å². The molecule has 1 aromatic heterocycles. The molecular weight excluding hydrogens is 496 g/mol. The van der Waals surface area contributed by atoms with Crippen molar-refractivity contribution in [1.82, 2.24) is 15.6 Å². The molecule has 0 amide bonds. The van der Waals surface area contributed by atoms with Gasteiger partial charge in [0.05, 0.1) is 6.54 Å². The lowest BCUT2D eigenvalue weighted by Crippen LogP contribution is -2.38. The van der Waals surface area contributed by atoms with Gasteiger partial charge >= 0.3 is 6.18 Å². The predicted octanol–water partition coefficient (Wildman–Crippen LogP) is 4.25. The van der Waals surface area contributed by atoms with E-state index in [0.717, 1.165) is 29.8 Å². The summed E-state index contributed by atoms with van der Waals surface area (Å²) in [5.74, 6) is 0.863. The minimum atomic E-state index is -4.34. The number of benzene rings is 1. The van der Waals surface area contributed by atoms with Crippen LogP contribution in [0.25, 0.3) is 0 Å². The second-order valence-corrected chi connectivity index (χ2v) is 6.23. The minimum Gasteiger partial charge on any atom is -0.484 e. The molecule has 0 aliphatic carbocycles. The van der Waals surface area contributed by atoms with Crippen LogP contribution in [0, 0.1) is 6.92 Å². The number of aliphatic imine (C=N–C) groups is 1. The van der Waals surface area contributed by atoms with E-state index in [-0.39, 0.29) is 29.7 Å². The lowest BCUT2D eigenvalue weighted by atomic mass is 10.2. The summed E-state index contributed by atoms with van der Waals surface area (Å²) in [6.45, 7) is 4.47. The molecule has 0 aliphatic heterocycles. The van der Waals surface area contributed by atoms with Crippen LogP contribution in [0.5, 0.6) is 5.75 Å². The first-order valence-corrected chi connectivity index (χ1v) is 9.08. The summed E-state index contributed by atoms with van der Waals surface area (Å²) in [5, 5.41) is 6.43. The van der Waals surface area contributed by atoms with Gasteiger partial charge in [-0.3, -0.25) is 4.98 Å². The van der Waals surface area contributed by atoms with E-state index in [2.05, 4.69) is 26.7 Å². The monoisotopic (exact) mass is 522 g/mol. The van der Waals surface area contributed by atoms with Crippen LogP contribution in [-0.2, 0) is 13.0 Å². The second-order valence-electron chi connectivity index (χ2n) is 6.23. The molecule has 0 fully saturated rings. The van der Waals surface area contributed by atoms with Crippen LogP contribution in [0.1, 0.15) is 23.7 Å². The Kier molecular flexibility index (Phi) is 10.8. The molecular formula is C20H26F3IN4O. The van der Waals surface area contributed by atoms with Crippen molar-refractivity contribution in [3.8, 4) is 5.75 Å². The summed E-state index contributed by atoms with van der Waals surface area (Å²) in [4.78, 5) is 8.78. The minimum absolute atomic E-state index is 0. The number of rotatable bonds is 8. The van der Waals surface area contributed by atoms with E-state index in [1.165, 1.54) is 12.1 Å². The number of aromatic nitrogens is 1. The van der Waals surface area contributed by atoms with E-state index >= 15 is 0 Å². The van der Waals surface area contributed by atoms with Crippen LogP contribution in [0.2, 0.25) is 0 Å². The van der Waals surface area contributed by atoms with Gasteiger partial charge in [-0.2, -0.15) is 13.2 Å². The van der Waals surface area contributed by atoms with Gasteiger partial charge in [-0.1, -0.05) is 18.2 Å². The van der Waals surface area contributed by atoms with Gasteiger partial charge in [0.2, 0.25) is 0 Å². The van der Waals surface area contributed by atoms with E-state index in [1.807, 2.05) is 26.1 Å². The number of aryl methyl sites for hydroxylation is 1. The van der Waals surface area contributed by atoms with Crippen molar-refractivity contribution in [1.29, 1.82) is 0 Å². The number of ether oxygens (including phenoxy) is 1. The molecule has 1 aromatic carbocycles. The van der Waals surface area contributed by atoms with Crippen molar-refractivity contribution in [3.05, 3.63) is 59.4 Å². The first-order valence-electron chi connectivity index (χ1n) is 9.08. The average Bonchev–Trinajstić information content (AvgIpc) is 2.66. The number of hydrogen-bond donors (Lipinski definition) is 2. The zero-order valence-corrected chi connectivity index (χ0v) is 18.8. The summed E-state index contributed by atoms with van der Waals surface area (Å²) in [5.41, 5.74) is 3.00. The van der Waals surface area contributed by atoms with Gasteiger partial charge in [-0.15, -0.1) is 24.0 Å². The van der Waals surface area contributed by atoms with E-state index in [9.17, 15) is 13.2 Å². The molecule has 0 unspecified atom stereocenters. The molecule has 0 saturated carbocycles. The van der Waals surface area contributed by atoms with Gasteiger partial charge in [0.1, 0.15) is 5.75 Å². The van der Waals surface area contributed by atoms with Gasteiger partial charge in [0, 0.05) is 25.0 Å². The van der Waals surface area contributed by atoms with Gasteiger partial charge < -0.3 is 15.4 Å². The maximum atomic E-state index is 12.2. The Labute approximate surface area is 186 Å². The summed E-state index contributed by atoms with van der Waals surface area (Å²) >= 11 is 0. The number of nitrogens with zero attached hydrogens (tertiary/aromatic N) is 2. The molecule has 0 radical (unpaired) electrons. The Balaban J connectivity index is 0.00000420. The largest absolute Gasteiger partial charge is 0.484 e. The summed E-state index contributed by atoms with van der Waals surface area (Å²) in [7, 11) is 0. The standard InChI is InChI=1S/C20H25F3N4O.HI/c1-3-24-19(25-11-10-17-5-4-15(2)26-12-17)27-13-16-6-8-18(9-7-16)28-14-20(21,22)23;/h4-9,12H,3,10-11,13-14H2,1-2H3,(H2,24,25,27);1H. The number of halogens is 4. The third-order valence-electron chi connectivity index (χ3n) is 3.77. The SMILES string of the molecule is CCNC(=NCc1ccc(OCC(F)(F)F)cc1)NCCc1ccc(C)nc1.I. The topological polar surface area (TPSA) is 58.5 Å². The Morgan fingerprint density at radius 3 is 2.34 bits per heavy atom. The molecule has 0 atom stereocenters. The zero-order chi connectivity index (χ0) is 20.4. The number of hydrogen-bond acceptors (Lipinski definition) is 3. The smallest absolute Gasteiger partial charge is 0.422 e. The van der Waals surface area contributed by atoms with Crippen molar-refractivity contribution < 1.29 is 17.9 Å². The maximum absolute atomic E-state index is 12.2. The molecule has 5 nitrogen and oxygen atoms in total. The molecule has 0 saturated heterocycles. The molecule has 160 valence electrons. The molecule has 2 N–H and O–H groups in total. The number of nitrogens with one attached hydrogen (secondary N) is 2. The van der Waals surface area contributed by atoms with Crippen molar-refractivity contribution in [3.63, 3.8) is 0 Å².